The molecule has 1 aliphatic rings. The largest absolute Gasteiger partial charge is 0.478 e. The summed E-state index contributed by atoms with van der Waals surface area (Å²) >= 11 is 6.15. The van der Waals surface area contributed by atoms with Gasteiger partial charge in [0.05, 0.1) is 10.6 Å². The van der Waals surface area contributed by atoms with Gasteiger partial charge in [-0.25, -0.2) is 9.78 Å². The molecule has 0 saturated carbocycles. The molecule has 1 aromatic heterocycles. The predicted octanol–water partition coefficient (Wildman–Crippen LogP) is 3.31. The van der Waals surface area contributed by atoms with Gasteiger partial charge in [-0.15, -0.1) is 0 Å². The Balaban J connectivity index is 2.18. The van der Waals surface area contributed by atoms with Gasteiger partial charge in [0.2, 0.25) is 0 Å². The highest BCUT2D eigenvalue weighted by Crippen LogP contribution is 2.36. The number of aromatic nitrogens is 1. The van der Waals surface area contributed by atoms with E-state index in [1.54, 1.807) is 0 Å². The zero-order valence-electron chi connectivity index (χ0n) is 11.5. The number of carboxylic acid groups (broad SMARTS) is 1. The Morgan fingerprint density at radius 3 is 2.68 bits per heavy atom. The van der Waals surface area contributed by atoms with Crippen molar-refractivity contribution in [2.75, 3.05) is 18.0 Å². The maximum absolute atomic E-state index is 10.9. The third-order valence-electron chi connectivity index (χ3n) is 3.78. The highest BCUT2D eigenvalue weighted by molar-refractivity contribution is 6.33. The van der Waals surface area contributed by atoms with Crippen LogP contribution in [0.15, 0.2) is 12.3 Å². The third kappa shape index (κ3) is 3.00. The van der Waals surface area contributed by atoms with E-state index in [0.717, 1.165) is 19.5 Å². The van der Waals surface area contributed by atoms with Crippen molar-refractivity contribution in [3.8, 4) is 0 Å². The van der Waals surface area contributed by atoms with Crippen LogP contribution < -0.4 is 4.90 Å². The van der Waals surface area contributed by atoms with E-state index in [-0.39, 0.29) is 11.0 Å². The van der Waals surface area contributed by atoms with Gasteiger partial charge in [0.15, 0.2) is 0 Å². The van der Waals surface area contributed by atoms with E-state index in [9.17, 15) is 4.79 Å². The summed E-state index contributed by atoms with van der Waals surface area (Å²) in [5.41, 5.74) is 0.391. The van der Waals surface area contributed by atoms with Crippen LogP contribution in [0, 0.1) is 11.3 Å². The van der Waals surface area contributed by atoms with E-state index >= 15 is 0 Å². The van der Waals surface area contributed by atoms with Gasteiger partial charge in [0.25, 0.3) is 0 Å². The SMILES string of the molecule is CC(C)(C)C1CCN(c2ncc(C(=O)O)cc2Cl)C1. The van der Waals surface area contributed by atoms with Gasteiger partial charge in [-0.05, 0) is 23.8 Å². The summed E-state index contributed by atoms with van der Waals surface area (Å²) in [6.45, 7) is 8.56. The highest BCUT2D eigenvalue weighted by atomic mass is 35.5. The molecule has 0 spiro atoms. The molecule has 0 aliphatic carbocycles. The first-order chi connectivity index (χ1) is 8.79. The lowest BCUT2D eigenvalue weighted by atomic mass is 9.80. The standard InChI is InChI=1S/C14H19ClN2O2/c1-14(2,3)10-4-5-17(8-10)12-11(15)6-9(7-16-12)13(18)19/h6-7,10H,4-5,8H2,1-3H3,(H,18,19). The molecule has 104 valence electrons. The van der Waals surface area contributed by atoms with Crippen molar-refractivity contribution in [1.82, 2.24) is 4.98 Å². The zero-order valence-corrected chi connectivity index (χ0v) is 12.2. The summed E-state index contributed by atoms with van der Waals surface area (Å²) in [4.78, 5) is 17.2. The van der Waals surface area contributed by atoms with Crippen molar-refractivity contribution < 1.29 is 9.90 Å². The minimum absolute atomic E-state index is 0.125. The van der Waals surface area contributed by atoms with E-state index in [1.807, 2.05) is 0 Å². The van der Waals surface area contributed by atoms with Crippen LogP contribution in [0.25, 0.3) is 0 Å². The lowest BCUT2D eigenvalue weighted by molar-refractivity contribution is 0.0696. The van der Waals surface area contributed by atoms with Crippen LogP contribution in [-0.4, -0.2) is 29.1 Å². The van der Waals surface area contributed by atoms with Crippen LogP contribution >= 0.6 is 11.6 Å². The minimum atomic E-state index is -1.00. The van der Waals surface area contributed by atoms with Crippen LogP contribution in [0.5, 0.6) is 0 Å². The molecule has 1 atom stereocenters. The molecule has 0 aromatic carbocycles. The van der Waals surface area contributed by atoms with Gasteiger partial charge in [0, 0.05) is 19.3 Å². The van der Waals surface area contributed by atoms with E-state index in [2.05, 4.69) is 30.7 Å². The van der Waals surface area contributed by atoms with E-state index in [4.69, 9.17) is 16.7 Å². The monoisotopic (exact) mass is 282 g/mol. The van der Waals surface area contributed by atoms with Gasteiger partial charge >= 0.3 is 5.97 Å². The van der Waals surface area contributed by atoms with E-state index in [1.165, 1.54) is 12.3 Å². The fourth-order valence-corrected chi connectivity index (χ4v) is 2.73. The Kier molecular flexibility index (Phi) is 3.72. The number of halogens is 1. The number of anilines is 1. The van der Waals surface area contributed by atoms with Gasteiger partial charge in [0.1, 0.15) is 5.82 Å². The molecule has 5 heteroatoms. The topological polar surface area (TPSA) is 53.4 Å². The summed E-state index contributed by atoms with van der Waals surface area (Å²) in [5.74, 6) is 0.290. The number of carbonyl (C=O) groups is 1. The first-order valence-electron chi connectivity index (χ1n) is 6.43. The highest BCUT2D eigenvalue weighted by Gasteiger charge is 2.33. The summed E-state index contributed by atoms with van der Waals surface area (Å²) in [5, 5.41) is 9.31. The first kappa shape index (κ1) is 14.1. The Labute approximate surface area is 118 Å². The molecule has 1 aliphatic heterocycles. The van der Waals surface area contributed by atoms with Crippen molar-refractivity contribution in [2.24, 2.45) is 11.3 Å². The van der Waals surface area contributed by atoms with Crippen molar-refractivity contribution >= 4 is 23.4 Å². The van der Waals surface area contributed by atoms with Crippen LogP contribution in [0.3, 0.4) is 0 Å². The quantitative estimate of drug-likeness (QED) is 0.904. The summed E-state index contributed by atoms with van der Waals surface area (Å²) in [6, 6.07) is 1.47. The summed E-state index contributed by atoms with van der Waals surface area (Å²) in [6.07, 6.45) is 2.48. The third-order valence-corrected chi connectivity index (χ3v) is 4.06. The molecule has 1 aromatic rings. The Bertz CT molecular complexity index is 497. The average Bonchev–Trinajstić information content (AvgIpc) is 2.77. The summed E-state index contributed by atoms with van der Waals surface area (Å²) in [7, 11) is 0. The molecule has 0 amide bonds. The number of rotatable bonds is 2. The first-order valence-corrected chi connectivity index (χ1v) is 6.80. The zero-order chi connectivity index (χ0) is 14.2. The van der Waals surface area contributed by atoms with Crippen molar-refractivity contribution in [3.05, 3.63) is 22.8 Å². The van der Waals surface area contributed by atoms with Crippen LogP contribution in [0.2, 0.25) is 5.02 Å². The molecule has 1 saturated heterocycles. The Hall–Kier alpha value is -1.29. The number of pyridine rings is 1. The Morgan fingerprint density at radius 1 is 1.53 bits per heavy atom. The molecular formula is C14H19ClN2O2. The molecule has 1 fully saturated rings. The minimum Gasteiger partial charge on any atom is -0.478 e. The van der Waals surface area contributed by atoms with Crippen molar-refractivity contribution in [2.45, 2.75) is 27.2 Å². The second-order valence-corrected chi connectivity index (χ2v) is 6.54. The fourth-order valence-electron chi connectivity index (χ4n) is 2.44. The molecule has 2 rings (SSSR count). The molecule has 1 unspecified atom stereocenters. The number of carboxylic acids is 1. The number of hydrogen-bond donors (Lipinski definition) is 1. The lowest BCUT2D eigenvalue weighted by Crippen LogP contribution is -2.26. The van der Waals surface area contributed by atoms with Crippen LogP contribution in [-0.2, 0) is 0 Å². The molecule has 4 nitrogen and oxygen atoms in total. The van der Waals surface area contributed by atoms with Crippen LogP contribution in [0.1, 0.15) is 37.6 Å². The van der Waals surface area contributed by atoms with Crippen molar-refractivity contribution in [1.29, 1.82) is 0 Å². The maximum Gasteiger partial charge on any atom is 0.337 e. The number of hydrogen-bond acceptors (Lipinski definition) is 3. The van der Waals surface area contributed by atoms with Gasteiger partial charge in [-0.2, -0.15) is 0 Å². The van der Waals surface area contributed by atoms with Crippen molar-refractivity contribution in [3.63, 3.8) is 0 Å². The maximum atomic E-state index is 10.9. The number of nitrogens with zero attached hydrogens (tertiary/aromatic N) is 2. The fraction of sp³-hybridized carbons (Fsp3) is 0.571. The normalized spacial score (nSPS) is 19.8. The molecule has 0 bridgehead atoms. The predicted molar refractivity (Wildman–Crippen MR) is 76.0 cm³/mol. The smallest absolute Gasteiger partial charge is 0.337 e. The second kappa shape index (κ2) is 5.00. The summed E-state index contributed by atoms with van der Waals surface area (Å²) < 4.78 is 0. The van der Waals surface area contributed by atoms with Gasteiger partial charge in [-0.3, -0.25) is 0 Å². The van der Waals surface area contributed by atoms with Gasteiger partial charge < -0.3 is 10.0 Å². The molecule has 2 heterocycles. The Morgan fingerprint density at radius 2 is 2.21 bits per heavy atom. The average molecular weight is 283 g/mol. The van der Waals surface area contributed by atoms with E-state index in [0.29, 0.717) is 16.8 Å². The molecule has 0 radical (unpaired) electrons. The van der Waals surface area contributed by atoms with E-state index < -0.39 is 5.97 Å². The van der Waals surface area contributed by atoms with Crippen LogP contribution in [0.4, 0.5) is 5.82 Å². The molecular weight excluding hydrogens is 264 g/mol. The second-order valence-electron chi connectivity index (χ2n) is 6.13. The van der Waals surface area contributed by atoms with Gasteiger partial charge in [-0.1, -0.05) is 32.4 Å². The molecule has 1 N–H and O–H groups in total. The molecule has 19 heavy (non-hydrogen) atoms. The lowest BCUT2D eigenvalue weighted by Gasteiger charge is -2.27. The number of aromatic carboxylic acids is 1.